The molecular weight excluding hydrogens is 240 g/mol. The van der Waals surface area contributed by atoms with Crippen molar-refractivity contribution >= 4 is 5.91 Å². The number of amides is 1. The summed E-state index contributed by atoms with van der Waals surface area (Å²) >= 11 is 0. The molecule has 0 aromatic rings. The van der Waals surface area contributed by atoms with E-state index in [1.807, 2.05) is 6.92 Å². The van der Waals surface area contributed by atoms with Crippen LogP contribution in [-0.4, -0.2) is 31.2 Å². The van der Waals surface area contributed by atoms with E-state index < -0.39 is 0 Å². The number of nitrogens with two attached hydrogens (primary N) is 1. The molecule has 4 heteroatoms. The van der Waals surface area contributed by atoms with Crippen molar-refractivity contribution in [2.24, 2.45) is 17.1 Å². The maximum Gasteiger partial charge on any atom is 0.220 e. The Kier molecular flexibility index (Phi) is 6.27. The van der Waals surface area contributed by atoms with Crippen molar-refractivity contribution in [1.82, 2.24) is 5.32 Å². The normalized spacial score (nSPS) is 24.7. The highest BCUT2D eigenvalue weighted by Gasteiger charge is 2.32. The molecule has 0 bridgehead atoms. The van der Waals surface area contributed by atoms with Crippen LogP contribution in [0.2, 0.25) is 0 Å². The predicted octanol–water partition coefficient (Wildman–Crippen LogP) is 2.07. The smallest absolute Gasteiger partial charge is 0.220 e. The molecule has 19 heavy (non-hydrogen) atoms. The molecule has 4 nitrogen and oxygen atoms in total. The first-order valence-corrected chi connectivity index (χ1v) is 7.47. The number of ether oxygens (including phenoxy) is 1. The fourth-order valence-electron chi connectivity index (χ4n) is 2.62. The second kappa shape index (κ2) is 7.25. The zero-order valence-electron chi connectivity index (χ0n) is 12.9. The molecule has 0 aromatic heterocycles. The van der Waals surface area contributed by atoms with Gasteiger partial charge in [-0.05, 0) is 44.1 Å². The second-order valence-electron chi connectivity index (χ2n) is 6.68. The van der Waals surface area contributed by atoms with Gasteiger partial charge in [0.25, 0.3) is 0 Å². The lowest BCUT2D eigenvalue weighted by Gasteiger charge is -2.36. The van der Waals surface area contributed by atoms with Gasteiger partial charge in [0.1, 0.15) is 0 Å². The molecule has 1 atom stereocenters. The summed E-state index contributed by atoms with van der Waals surface area (Å²) < 4.78 is 5.52. The van der Waals surface area contributed by atoms with Gasteiger partial charge in [0.15, 0.2) is 0 Å². The minimum absolute atomic E-state index is 0.0580. The first-order valence-electron chi connectivity index (χ1n) is 7.47. The lowest BCUT2D eigenvalue weighted by Crippen LogP contribution is -2.46. The van der Waals surface area contributed by atoms with Crippen molar-refractivity contribution < 1.29 is 9.53 Å². The summed E-state index contributed by atoms with van der Waals surface area (Å²) in [6, 6.07) is 0.160. The standard InChI is InChI=1S/C15H30N2O2/c1-5-19-12-8-11(9-12)10-14(18)17-13(6-7-16)15(2,3)4/h11-13H,5-10,16H2,1-4H3,(H,17,18). The summed E-state index contributed by atoms with van der Waals surface area (Å²) in [7, 11) is 0. The predicted molar refractivity (Wildman–Crippen MR) is 77.8 cm³/mol. The molecule has 1 rings (SSSR count). The van der Waals surface area contributed by atoms with Gasteiger partial charge in [-0.25, -0.2) is 0 Å². The van der Waals surface area contributed by atoms with Crippen molar-refractivity contribution in [2.75, 3.05) is 13.2 Å². The fraction of sp³-hybridized carbons (Fsp3) is 0.933. The van der Waals surface area contributed by atoms with Crippen molar-refractivity contribution in [3.8, 4) is 0 Å². The van der Waals surface area contributed by atoms with Crippen molar-refractivity contribution in [2.45, 2.75) is 65.5 Å². The van der Waals surface area contributed by atoms with Gasteiger partial charge in [0.2, 0.25) is 5.91 Å². The van der Waals surface area contributed by atoms with Crippen molar-refractivity contribution in [3.05, 3.63) is 0 Å². The third-order valence-corrected chi connectivity index (χ3v) is 3.90. The molecule has 0 aliphatic heterocycles. The average Bonchev–Trinajstić information content (AvgIpc) is 2.24. The first-order chi connectivity index (χ1) is 8.86. The summed E-state index contributed by atoms with van der Waals surface area (Å²) in [4.78, 5) is 12.0. The number of hydrogen-bond donors (Lipinski definition) is 2. The van der Waals surface area contributed by atoms with Gasteiger partial charge in [0.05, 0.1) is 6.10 Å². The molecule has 1 unspecified atom stereocenters. The zero-order chi connectivity index (χ0) is 14.5. The molecule has 0 aromatic carbocycles. The quantitative estimate of drug-likeness (QED) is 0.744. The Hall–Kier alpha value is -0.610. The number of carbonyl (C=O) groups is 1. The van der Waals surface area contributed by atoms with E-state index in [0.29, 0.717) is 25.0 Å². The fourth-order valence-corrected chi connectivity index (χ4v) is 2.62. The zero-order valence-corrected chi connectivity index (χ0v) is 12.9. The highest BCUT2D eigenvalue weighted by molar-refractivity contribution is 5.76. The summed E-state index contributed by atoms with van der Waals surface area (Å²) in [5, 5.41) is 3.14. The Balaban J connectivity index is 2.30. The van der Waals surface area contributed by atoms with Gasteiger partial charge in [-0.1, -0.05) is 20.8 Å². The number of nitrogens with one attached hydrogen (secondary N) is 1. The number of hydrogen-bond acceptors (Lipinski definition) is 3. The highest BCUT2D eigenvalue weighted by atomic mass is 16.5. The van der Waals surface area contributed by atoms with Crippen LogP contribution in [0.5, 0.6) is 0 Å². The highest BCUT2D eigenvalue weighted by Crippen LogP contribution is 2.32. The van der Waals surface area contributed by atoms with Gasteiger partial charge in [-0.2, -0.15) is 0 Å². The molecule has 112 valence electrons. The van der Waals surface area contributed by atoms with E-state index in [9.17, 15) is 4.79 Å². The molecule has 1 aliphatic rings. The third-order valence-electron chi connectivity index (χ3n) is 3.90. The first kappa shape index (κ1) is 16.4. The van der Waals surface area contributed by atoms with Crippen LogP contribution in [-0.2, 0) is 9.53 Å². The van der Waals surface area contributed by atoms with Crippen molar-refractivity contribution in [1.29, 1.82) is 0 Å². The van der Waals surface area contributed by atoms with E-state index in [1.165, 1.54) is 0 Å². The summed E-state index contributed by atoms with van der Waals surface area (Å²) in [6.45, 7) is 9.82. The molecule has 0 saturated heterocycles. The molecule has 1 aliphatic carbocycles. The summed E-state index contributed by atoms with van der Waals surface area (Å²) in [6.07, 6.45) is 3.89. The Morgan fingerprint density at radius 1 is 1.42 bits per heavy atom. The lowest BCUT2D eigenvalue weighted by atomic mass is 9.79. The van der Waals surface area contributed by atoms with Gasteiger partial charge in [0, 0.05) is 19.1 Å². The molecule has 0 radical (unpaired) electrons. The monoisotopic (exact) mass is 270 g/mol. The van der Waals surface area contributed by atoms with Crippen LogP contribution < -0.4 is 11.1 Å². The minimum atomic E-state index is 0.0580. The van der Waals surface area contributed by atoms with E-state index in [-0.39, 0.29) is 17.4 Å². The average molecular weight is 270 g/mol. The van der Waals surface area contributed by atoms with Gasteiger partial charge in [-0.3, -0.25) is 4.79 Å². The minimum Gasteiger partial charge on any atom is -0.378 e. The SMILES string of the molecule is CCOC1CC(CC(=O)NC(CCN)C(C)(C)C)C1. The summed E-state index contributed by atoms with van der Waals surface area (Å²) in [5.41, 5.74) is 5.68. The molecule has 1 saturated carbocycles. The van der Waals surface area contributed by atoms with Crippen LogP contribution in [0.1, 0.15) is 53.4 Å². The molecule has 1 fully saturated rings. The maximum absolute atomic E-state index is 12.0. The van der Waals surface area contributed by atoms with E-state index in [0.717, 1.165) is 25.9 Å². The maximum atomic E-state index is 12.0. The Morgan fingerprint density at radius 3 is 2.53 bits per heavy atom. The lowest BCUT2D eigenvalue weighted by molar-refractivity contribution is -0.125. The van der Waals surface area contributed by atoms with E-state index in [1.54, 1.807) is 0 Å². The van der Waals surface area contributed by atoms with Crippen molar-refractivity contribution in [3.63, 3.8) is 0 Å². The van der Waals surface area contributed by atoms with Gasteiger partial charge >= 0.3 is 0 Å². The van der Waals surface area contributed by atoms with Crippen LogP contribution in [0.3, 0.4) is 0 Å². The van der Waals surface area contributed by atoms with Crippen LogP contribution in [0.25, 0.3) is 0 Å². The van der Waals surface area contributed by atoms with Gasteiger partial charge < -0.3 is 15.8 Å². The molecule has 1 amide bonds. The second-order valence-corrected chi connectivity index (χ2v) is 6.68. The Labute approximate surface area is 117 Å². The largest absolute Gasteiger partial charge is 0.378 e. The van der Waals surface area contributed by atoms with Crippen LogP contribution in [0, 0.1) is 11.3 Å². The summed E-state index contributed by atoms with van der Waals surface area (Å²) in [5.74, 6) is 0.656. The van der Waals surface area contributed by atoms with E-state index in [4.69, 9.17) is 10.5 Å². The Morgan fingerprint density at radius 2 is 2.05 bits per heavy atom. The van der Waals surface area contributed by atoms with Crippen LogP contribution >= 0.6 is 0 Å². The Bertz CT molecular complexity index is 280. The number of carbonyl (C=O) groups excluding carboxylic acids is 1. The van der Waals surface area contributed by atoms with Gasteiger partial charge in [-0.15, -0.1) is 0 Å². The topological polar surface area (TPSA) is 64.3 Å². The molecular formula is C15H30N2O2. The number of rotatable bonds is 7. The molecule has 3 N–H and O–H groups in total. The van der Waals surface area contributed by atoms with E-state index in [2.05, 4.69) is 26.1 Å². The molecule has 0 heterocycles. The molecule has 0 spiro atoms. The van der Waals surface area contributed by atoms with Crippen LogP contribution in [0.4, 0.5) is 0 Å². The third kappa shape index (κ3) is 5.49. The van der Waals surface area contributed by atoms with E-state index >= 15 is 0 Å². The van der Waals surface area contributed by atoms with Crippen LogP contribution in [0.15, 0.2) is 0 Å².